The minimum Gasteiger partial charge on any atom is -0.488 e. The smallest absolute Gasteiger partial charge is 0.127 e. The van der Waals surface area contributed by atoms with E-state index in [0.29, 0.717) is 12.2 Å². The molecule has 0 spiro atoms. The van der Waals surface area contributed by atoms with E-state index < -0.39 is 0 Å². The van der Waals surface area contributed by atoms with Crippen LogP contribution in [-0.4, -0.2) is 7.05 Å². The molecular formula is C17H17BrN2O. The summed E-state index contributed by atoms with van der Waals surface area (Å²) in [5.74, 6) is 0.898. The van der Waals surface area contributed by atoms with E-state index in [2.05, 4.69) is 33.4 Å². The Kier molecular flexibility index (Phi) is 5.38. The first-order valence-electron chi connectivity index (χ1n) is 6.69. The summed E-state index contributed by atoms with van der Waals surface area (Å²) in [6.45, 7) is 3.23. The standard InChI is InChI=1S/C17H17BrN2O/c1-12-6-16(18)8-15(10-20-2)17(12)21-11-14-5-3-4-13(7-14)9-19/h3-8,20H,10-11H2,1-2H3. The lowest BCUT2D eigenvalue weighted by atomic mass is 10.1. The molecule has 0 bridgehead atoms. The van der Waals surface area contributed by atoms with Crippen molar-refractivity contribution in [3.8, 4) is 11.8 Å². The van der Waals surface area contributed by atoms with Gasteiger partial charge in [-0.25, -0.2) is 0 Å². The molecule has 0 radical (unpaired) electrons. The number of rotatable bonds is 5. The van der Waals surface area contributed by atoms with Gasteiger partial charge in [-0.2, -0.15) is 5.26 Å². The summed E-state index contributed by atoms with van der Waals surface area (Å²) in [6, 6.07) is 13.7. The van der Waals surface area contributed by atoms with Crippen molar-refractivity contribution in [2.75, 3.05) is 7.05 Å². The Morgan fingerprint density at radius 3 is 2.81 bits per heavy atom. The van der Waals surface area contributed by atoms with E-state index in [-0.39, 0.29) is 0 Å². The average molecular weight is 345 g/mol. The molecule has 2 aromatic rings. The maximum atomic E-state index is 8.93. The molecule has 1 N–H and O–H groups in total. The number of benzene rings is 2. The number of nitrogens with one attached hydrogen (secondary N) is 1. The van der Waals surface area contributed by atoms with Crippen molar-refractivity contribution in [3.63, 3.8) is 0 Å². The highest BCUT2D eigenvalue weighted by Crippen LogP contribution is 2.28. The van der Waals surface area contributed by atoms with Crippen LogP contribution in [0.5, 0.6) is 5.75 Å². The van der Waals surface area contributed by atoms with E-state index in [9.17, 15) is 0 Å². The molecule has 21 heavy (non-hydrogen) atoms. The topological polar surface area (TPSA) is 45.0 Å². The summed E-state index contributed by atoms with van der Waals surface area (Å²) in [6.07, 6.45) is 0. The summed E-state index contributed by atoms with van der Waals surface area (Å²) < 4.78 is 7.04. The molecule has 2 aromatic carbocycles. The van der Waals surface area contributed by atoms with Gasteiger partial charge in [0, 0.05) is 16.6 Å². The quantitative estimate of drug-likeness (QED) is 0.893. The summed E-state index contributed by atoms with van der Waals surface area (Å²) in [7, 11) is 1.91. The monoisotopic (exact) mass is 344 g/mol. The largest absolute Gasteiger partial charge is 0.488 e. The van der Waals surface area contributed by atoms with Crippen LogP contribution in [0.4, 0.5) is 0 Å². The molecule has 2 rings (SSSR count). The number of aryl methyl sites for hydroxylation is 1. The van der Waals surface area contributed by atoms with Crippen LogP contribution >= 0.6 is 15.9 Å². The van der Waals surface area contributed by atoms with Gasteiger partial charge >= 0.3 is 0 Å². The molecule has 0 fully saturated rings. The molecule has 0 aromatic heterocycles. The first kappa shape index (κ1) is 15.6. The van der Waals surface area contributed by atoms with Crippen molar-refractivity contribution in [1.82, 2.24) is 5.32 Å². The third-order valence-corrected chi connectivity index (χ3v) is 3.58. The number of nitrogens with zero attached hydrogens (tertiary/aromatic N) is 1. The Bertz CT molecular complexity index is 677. The first-order chi connectivity index (χ1) is 10.1. The normalized spacial score (nSPS) is 10.2. The zero-order valence-electron chi connectivity index (χ0n) is 12.1. The highest BCUT2D eigenvalue weighted by atomic mass is 79.9. The van der Waals surface area contributed by atoms with Gasteiger partial charge in [0.2, 0.25) is 0 Å². The van der Waals surface area contributed by atoms with E-state index in [1.54, 1.807) is 6.07 Å². The van der Waals surface area contributed by atoms with E-state index in [0.717, 1.165) is 33.5 Å². The molecule has 0 aliphatic rings. The lowest BCUT2D eigenvalue weighted by Crippen LogP contribution is -2.08. The van der Waals surface area contributed by atoms with Gasteiger partial charge in [-0.05, 0) is 49.4 Å². The van der Waals surface area contributed by atoms with Crippen LogP contribution < -0.4 is 10.1 Å². The minimum atomic E-state index is 0.453. The average Bonchev–Trinajstić information content (AvgIpc) is 2.47. The van der Waals surface area contributed by atoms with Gasteiger partial charge in [0.1, 0.15) is 12.4 Å². The third kappa shape index (κ3) is 4.07. The highest BCUT2D eigenvalue weighted by molar-refractivity contribution is 9.10. The lowest BCUT2D eigenvalue weighted by Gasteiger charge is -2.15. The molecule has 4 heteroatoms. The van der Waals surface area contributed by atoms with Crippen LogP contribution in [0.2, 0.25) is 0 Å². The molecule has 0 saturated heterocycles. The number of hydrogen-bond acceptors (Lipinski definition) is 3. The van der Waals surface area contributed by atoms with Crippen LogP contribution in [-0.2, 0) is 13.2 Å². The Hall–Kier alpha value is -1.83. The molecule has 0 atom stereocenters. The fraction of sp³-hybridized carbons (Fsp3) is 0.235. The third-order valence-electron chi connectivity index (χ3n) is 3.12. The van der Waals surface area contributed by atoms with E-state index in [4.69, 9.17) is 10.00 Å². The van der Waals surface area contributed by atoms with Crippen molar-refractivity contribution in [3.05, 3.63) is 63.1 Å². The Labute approximate surface area is 133 Å². The second-order valence-electron chi connectivity index (χ2n) is 4.84. The molecule has 0 amide bonds. The molecule has 3 nitrogen and oxygen atoms in total. The van der Waals surface area contributed by atoms with Crippen LogP contribution in [0.3, 0.4) is 0 Å². The van der Waals surface area contributed by atoms with Gasteiger partial charge in [0.05, 0.1) is 11.6 Å². The van der Waals surface area contributed by atoms with Gasteiger partial charge in [-0.3, -0.25) is 0 Å². The highest BCUT2D eigenvalue weighted by Gasteiger charge is 2.09. The Morgan fingerprint density at radius 1 is 1.29 bits per heavy atom. The summed E-state index contributed by atoms with van der Waals surface area (Å²) in [5.41, 5.74) is 3.85. The summed E-state index contributed by atoms with van der Waals surface area (Å²) in [5, 5.41) is 12.1. The number of halogens is 1. The molecule has 0 heterocycles. The SMILES string of the molecule is CNCc1cc(Br)cc(C)c1OCc1cccc(C#N)c1. The zero-order chi connectivity index (χ0) is 15.2. The number of ether oxygens (including phenoxy) is 1. The van der Waals surface area contributed by atoms with Gasteiger partial charge < -0.3 is 10.1 Å². The fourth-order valence-electron chi connectivity index (χ4n) is 2.21. The van der Waals surface area contributed by atoms with Gasteiger partial charge in [-0.15, -0.1) is 0 Å². The van der Waals surface area contributed by atoms with Crippen molar-refractivity contribution in [2.24, 2.45) is 0 Å². The van der Waals surface area contributed by atoms with E-state index in [1.807, 2.05) is 38.2 Å². The van der Waals surface area contributed by atoms with Crippen LogP contribution in [0.15, 0.2) is 40.9 Å². The Morgan fingerprint density at radius 2 is 2.10 bits per heavy atom. The maximum absolute atomic E-state index is 8.93. The van der Waals surface area contributed by atoms with E-state index >= 15 is 0 Å². The lowest BCUT2D eigenvalue weighted by molar-refractivity contribution is 0.300. The molecule has 108 valence electrons. The number of hydrogen-bond donors (Lipinski definition) is 1. The zero-order valence-corrected chi connectivity index (χ0v) is 13.7. The summed E-state index contributed by atoms with van der Waals surface area (Å²) >= 11 is 3.51. The van der Waals surface area contributed by atoms with Crippen LogP contribution in [0, 0.1) is 18.3 Å². The fourth-order valence-corrected chi connectivity index (χ4v) is 2.83. The molecule has 0 aliphatic heterocycles. The van der Waals surface area contributed by atoms with Gasteiger partial charge in [-0.1, -0.05) is 28.1 Å². The maximum Gasteiger partial charge on any atom is 0.127 e. The van der Waals surface area contributed by atoms with Crippen LogP contribution in [0.25, 0.3) is 0 Å². The molecule has 0 aliphatic carbocycles. The van der Waals surface area contributed by atoms with Crippen LogP contribution in [0.1, 0.15) is 22.3 Å². The molecular weight excluding hydrogens is 328 g/mol. The van der Waals surface area contributed by atoms with Crippen molar-refractivity contribution < 1.29 is 4.74 Å². The van der Waals surface area contributed by atoms with E-state index in [1.165, 1.54) is 0 Å². The van der Waals surface area contributed by atoms with Crippen molar-refractivity contribution in [1.29, 1.82) is 5.26 Å². The molecule has 0 saturated carbocycles. The predicted octanol–water partition coefficient (Wildman–Crippen LogP) is 3.93. The van der Waals surface area contributed by atoms with Crippen molar-refractivity contribution >= 4 is 15.9 Å². The second kappa shape index (κ2) is 7.26. The molecule has 0 unspecified atom stereocenters. The number of nitriles is 1. The predicted molar refractivity (Wildman–Crippen MR) is 87.1 cm³/mol. The minimum absolute atomic E-state index is 0.453. The van der Waals surface area contributed by atoms with Gasteiger partial charge in [0.25, 0.3) is 0 Å². The second-order valence-corrected chi connectivity index (χ2v) is 5.76. The van der Waals surface area contributed by atoms with Crippen molar-refractivity contribution in [2.45, 2.75) is 20.1 Å². The Balaban J connectivity index is 2.21. The summed E-state index contributed by atoms with van der Waals surface area (Å²) in [4.78, 5) is 0. The first-order valence-corrected chi connectivity index (χ1v) is 7.49. The van der Waals surface area contributed by atoms with Gasteiger partial charge in [0.15, 0.2) is 0 Å².